The molecule has 0 unspecified atom stereocenters. The van der Waals surface area contributed by atoms with Crippen molar-refractivity contribution in [3.05, 3.63) is 35.7 Å². The van der Waals surface area contributed by atoms with Crippen LogP contribution in [0.4, 0.5) is 11.8 Å². The predicted molar refractivity (Wildman–Crippen MR) is 71.2 cm³/mol. The number of hydrogen-bond acceptors (Lipinski definition) is 7. The molecule has 0 radical (unpaired) electrons. The normalized spacial score (nSPS) is 10.5. The second-order valence-electron chi connectivity index (χ2n) is 3.64. The number of amides is 1. The molecule has 94 valence electrons. The Labute approximate surface area is 111 Å². The minimum absolute atomic E-state index is 0.354. The molecule has 0 aliphatic rings. The largest absolute Gasteiger partial charge is 0.366 e. The summed E-state index contributed by atoms with van der Waals surface area (Å²) in [5.41, 5.74) is 6.24. The predicted octanol–water partition coefficient (Wildman–Crippen LogP) is 1.32. The number of nitrogens with zero attached hydrogens (tertiary/aromatic N) is 4. The van der Waals surface area contributed by atoms with Gasteiger partial charge < -0.3 is 11.1 Å². The third kappa shape index (κ3) is 2.20. The smallest absolute Gasteiger partial charge is 0.251 e. The molecule has 0 aliphatic carbocycles. The van der Waals surface area contributed by atoms with Gasteiger partial charge in [0.15, 0.2) is 0 Å². The topological polar surface area (TPSA) is 107 Å². The van der Waals surface area contributed by atoms with E-state index in [1.54, 1.807) is 23.8 Å². The van der Waals surface area contributed by atoms with Crippen molar-refractivity contribution in [3.8, 4) is 0 Å². The third-order valence-corrected chi connectivity index (χ3v) is 3.31. The molecular formula is C11H8N6OS. The summed E-state index contributed by atoms with van der Waals surface area (Å²) in [4.78, 5) is 27.5. The number of fused-ring (bicyclic) bond motifs is 1. The second-order valence-corrected chi connectivity index (χ2v) is 4.55. The van der Waals surface area contributed by atoms with Crippen LogP contribution in [0.15, 0.2) is 30.2 Å². The summed E-state index contributed by atoms with van der Waals surface area (Å²) in [5, 5.41) is 4.61. The van der Waals surface area contributed by atoms with Crippen molar-refractivity contribution in [1.29, 1.82) is 0 Å². The van der Waals surface area contributed by atoms with Crippen LogP contribution in [0.25, 0.3) is 10.2 Å². The first-order chi connectivity index (χ1) is 9.24. The lowest BCUT2D eigenvalue weighted by Crippen LogP contribution is -2.10. The van der Waals surface area contributed by atoms with Crippen LogP contribution in [0.5, 0.6) is 0 Å². The zero-order valence-corrected chi connectivity index (χ0v) is 10.4. The number of carbonyl (C=O) groups is 1. The number of primary amides is 1. The quantitative estimate of drug-likeness (QED) is 0.744. The highest BCUT2D eigenvalue weighted by atomic mass is 32.1. The second kappa shape index (κ2) is 4.58. The van der Waals surface area contributed by atoms with E-state index in [0.717, 1.165) is 4.70 Å². The Hall–Kier alpha value is -2.61. The van der Waals surface area contributed by atoms with E-state index in [2.05, 4.69) is 25.3 Å². The van der Waals surface area contributed by atoms with Crippen LogP contribution < -0.4 is 11.1 Å². The molecule has 3 aromatic rings. The third-order valence-electron chi connectivity index (χ3n) is 2.40. The van der Waals surface area contributed by atoms with Crippen LogP contribution in [0, 0.1) is 0 Å². The average Bonchev–Trinajstić information content (AvgIpc) is 2.83. The maximum absolute atomic E-state index is 11.3. The number of aromatic nitrogens is 4. The number of nitrogens with two attached hydrogens (primary N) is 1. The average molecular weight is 272 g/mol. The summed E-state index contributed by atoms with van der Waals surface area (Å²) in [5.74, 6) is 0.426. The zero-order valence-electron chi connectivity index (χ0n) is 9.57. The fraction of sp³-hybridized carbons (Fsp3) is 0. The fourth-order valence-electron chi connectivity index (χ4n) is 1.54. The Balaban J connectivity index is 2.01. The van der Waals surface area contributed by atoms with Gasteiger partial charge in [-0.05, 0) is 6.07 Å². The van der Waals surface area contributed by atoms with E-state index in [-0.39, 0.29) is 0 Å². The van der Waals surface area contributed by atoms with Crippen LogP contribution in [0.1, 0.15) is 10.4 Å². The highest BCUT2D eigenvalue weighted by Crippen LogP contribution is 2.24. The number of anilines is 2. The van der Waals surface area contributed by atoms with Crippen molar-refractivity contribution >= 4 is 39.2 Å². The van der Waals surface area contributed by atoms with E-state index in [0.29, 0.717) is 22.8 Å². The molecule has 0 saturated carbocycles. The molecule has 3 N–H and O–H groups in total. The first-order valence-electron chi connectivity index (χ1n) is 5.31. The van der Waals surface area contributed by atoms with Gasteiger partial charge in [-0.2, -0.15) is 0 Å². The number of thiophene rings is 1. The van der Waals surface area contributed by atoms with Gasteiger partial charge in [-0.15, -0.1) is 11.3 Å². The van der Waals surface area contributed by atoms with Crippen LogP contribution in [0.3, 0.4) is 0 Å². The minimum atomic E-state index is -0.502. The highest BCUT2D eigenvalue weighted by molar-refractivity contribution is 7.17. The highest BCUT2D eigenvalue weighted by Gasteiger charge is 2.12. The van der Waals surface area contributed by atoms with Gasteiger partial charge in [0.1, 0.15) is 12.1 Å². The molecule has 7 nitrogen and oxygen atoms in total. The summed E-state index contributed by atoms with van der Waals surface area (Å²) < 4.78 is 0.807. The summed E-state index contributed by atoms with van der Waals surface area (Å²) in [6.45, 7) is 0. The van der Waals surface area contributed by atoms with E-state index in [4.69, 9.17) is 5.73 Å². The maximum Gasteiger partial charge on any atom is 0.251 e. The molecule has 0 saturated heterocycles. The maximum atomic E-state index is 11.3. The van der Waals surface area contributed by atoms with E-state index < -0.39 is 5.91 Å². The van der Waals surface area contributed by atoms with Gasteiger partial charge in [0.25, 0.3) is 5.91 Å². The van der Waals surface area contributed by atoms with Gasteiger partial charge in [0.2, 0.25) is 5.95 Å². The molecule has 3 heterocycles. The van der Waals surface area contributed by atoms with Crippen molar-refractivity contribution in [2.24, 2.45) is 5.73 Å². The number of carbonyl (C=O) groups excluding carboxylic acids is 1. The van der Waals surface area contributed by atoms with Gasteiger partial charge in [-0.1, -0.05) is 0 Å². The van der Waals surface area contributed by atoms with Crippen molar-refractivity contribution < 1.29 is 4.79 Å². The molecule has 8 heteroatoms. The molecule has 3 rings (SSSR count). The molecule has 1 amide bonds. The van der Waals surface area contributed by atoms with Gasteiger partial charge >= 0.3 is 0 Å². The zero-order chi connectivity index (χ0) is 13.2. The molecule has 0 spiro atoms. The Kier molecular flexibility index (Phi) is 2.76. The van der Waals surface area contributed by atoms with Crippen molar-refractivity contribution in [2.45, 2.75) is 0 Å². The minimum Gasteiger partial charge on any atom is -0.366 e. The summed E-state index contributed by atoms with van der Waals surface area (Å²) in [6.07, 6.45) is 4.66. The van der Waals surface area contributed by atoms with Crippen molar-refractivity contribution in [1.82, 2.24) is 19.9 Å². The monoisotopic (exact) mass is 272 g/mol. The van der Waals surface area contributed by atoms with E-state index in [9.17, 15) is 4.79 Å². The van der Waals surface area contributed by atoms with Crippen molar-refractivity contribution in [2.75, 3.05) is 5.32 Å². The van der Waals surface area contributed by atoms with Gasteiger partial charge in [-0.3, -0.25) is 4.79 Å². The summed E-state index contributed by atoms with van der Waals surface area (Å²) in [6, 6.07) is 1.69. The first kappa shape index (κ1) is 11.5. The molecule has 0 aliphatic heterocycles. The summed E-state index contributed by atoms with van der Waals surface area (Å²) in [7, 11) is 0. The molecular weight excluding hydrogens is 264 g/mol. The SMILES string of the molecule is NC(=O)c1csc2cnc(Nc3ccncn3)nc12. The molecule has 0 atom stereocenters. The van der Waals surface area contributed by atoms with Crippen LogP contribution in [-0.4, -0.2) is 25.8 Å². The molecule has 19 heavy (non-hydrogen) atoms. The van der Waals surface area contributed by atoms with E-state index >= 15 is 0 Å². The molecule has 0 fully saturated rings. The van der Waals surface area contributed by atoms with Crippen LogP contribution in [0.2, 0.25) is 0 Å². The fourth-order valence-corrected chi connectivity index (χ4v) is 2.40. The Morgan fingerprint density at radius 2 is 2.26 bits per heavy atom. The Bertz CT molecular complexity index is 741. The standard InChI is InChI=1S/C11H8N6OS/c12-10(18)6-4-19-7-3-14-11(17-9(6)7)16-8-1-2-13-5-15-8/h1-5H,(H2,12,18)(H,13,14,15,16,17). The van der Waals surface area contributed by atoms with Crippen LogP contribution >= 0.6 is 11.3 Å². The lowest BCUT2D eigenvalue weighted by atomic mass is 10.3. The lowest BCUT2D eigenvalue weighted by Gasteiger charge is -2.02. The molecule has 0 bridgehead atoms. The van der Waals surface area contributed by atoms with Gasteiger partial charge in [0, 0.05) is 11.6 Å². The van der Waals surface area contributed by atoms with E-state index in [1.165, 1.54) is 17.7 Å². The molecule has 3 aromatic heterocycles. The first-order valence-corrected chi connectivity index (χ1v) is 6.19. The Morgan fingerprint density at radius 3 is 3.00 bits per heavy atom. The lowest BCUT2D eigenvalue weighted by molar-refractivity contribution is 0.100. The van der Waals surface area contributed by atoms with E-state index in [1.807, 2.05) is 0 Å². The van der Waals surface area contributed by atoms with Crippen molar-refractivity contribution in [3.63, 3.8) is 0 Å². The number of nitrogens with one attached hydrogen (secondary N) is 1. The Morgan fingerprint density at radius 1 is 1.37 bits per heavy atom. The van der Waals surface area contributed by atoms with Crippen LogP contribution in [-0.2, 0) is 0 Å². The number of rotatable bonds is 3. The van der Waals surface area contributed by atoms with Gasteiger partial charge in [0.05, 0.1) is 22.0 Å². The van der Waals surface area contributed by atoms with Gasteiger partial charge in [-0.25, -0.2) is 19.9 Å². The molecule has 0 aromatic carbocycles. The number of hydrogen-bond donors (Lipinski definition) is 2. The summed E-state index contributed by atoms with van der Waals surface area (Å²) >= 11 is 1.38.